The minimum Gasteiger partial charge on any atom is -0.465 e. The van der Waals surface area contributed by atoms with Crippen molar-refractivity contribution in [2.75, 3.05) is 7.11 Å². The zero-order chi connectivity index (χ0) is 19.0. The highest BCUT2D eigenvalue weighted by molar-refractivity contribution is 7.17. The molecule has 7 heteroatoms. The van der Waals surface area contributed by atoms with Gasteiger partial charge in [0, 0.05) is 5.56 Å². The lowest BCUT2D eigenvalue weighted by atomic mass is 10.1. The number of esters is 1. The third-order valence-electron chi connectivity index (χ3n) is 3.04. The maximum Gasteiger partial charge on any atom is 0.348 e. The predicted molar refractivity (Wildman–Crippen MR) is 98.4 cm³/mol. The molecular weight excluding hydrogens is 343 g/mol. The molecule has 0 aliphatic heterocycles. The number of methoxy groups -OCH3 is 1. The Balaban J connectivity index is 0.00000151. The van der Waals surface area contributed by atoms with Crippen LogP contribution >= 0.6 is 11.3 Å². The number of amidine groups is 1. The number of aliphatic imine (C=N–C) groups is 1. The molecule has 1 heterocycles. The largest absolute Gasteiger partial charge is 0.465 e. The van der Waals surface area contributed by atoms with Crippen molar-refractivity contribution < 1.29 is 18.7 Å². The number of thiophene rings is 1. The van der Waals surface area contributed by atoms with Crippen molar-refractivity contribution in [3.63, 3.8) is 0 Å². The normalized spacial score (nSPS) is 10.7. The van der Waals surface area contributed by atoms with Gasteiger partial charge in [0.25, 0.3) is 0 Å². The molecule has 2 N–H and O–H groups in total. The van der Waals surface area contributed by atoms with E-state index >= 15 is 0 Å². The molecule has 0 radical (unpaired) electrons. The number of carbonyl (C=O) groups is 2. The smallest absolute Gasteiger partial charge is 0.348 e. The topological polar surface area (TPSA) is 81.8 Å². The Hall–Kier alpha value is -2.54. The lowest BCUT2D eigenvalue weighted by Gasteiger charge is -2.00. The Bertz CT molecular complexity index is 767. The number of aryl methyl sites for hydroxylation is 1. The number of ether oxygens (including phenoxy) is 1. The van der Waals surface area contributed by atoms with Gasteiger partial charge in [0.2, 0.25) is 0 Å². The molecule has 0 amide bonds. The Labute approximate surface area is 150 Å². The Morgan fingerprint density at radius 2 is 1.84 bits per heavy atom. The predicted octanol–water partition coefficient (Wildman–Crippen LogP) is 4.27. The van der Waals surface area contributed by atoms with Crippen molar-refractivity contribution in [1.29, 1.82) is 0 Å². The maximum absolute atomic E-state index is 12.8. The van der Waals surface area contributed by atoms with Gasteiger partial charge in [0.05, 0.1) is 13.5 Å². The molecule has 0 saturated carbocycles. The number of nitrogens with two attached hydrogens (primary N) is 1. The number of hydrogen-bond donors (Lipinski definition) is 1. The summed E-state index contributed by atoms with van der Waals surface area (Å²) < 4.78 is 17.5. The van der Waals surface area contributed by atoms with Crippen LogP contribution < -0.4 is 5.73 Å². The van der Waals surface area contributed by atoms with Gasteiger partial charge in [-0.3, -0.25) is 4.79 Å². The van der Waals surface area contributed by atoms with Gasteiger partial charge in [0.15, 0.2) is 5.78 Å². The maximum atomic E-state index is 12.8. The number of halogens is 1. The van der Waals surface area contributed by atoms with E-state index in [1.165, 1.54) is 31.4 Å². The fourth-order valence-corrected chi connectivity index (χ4v) is 2.89. The first-order chi connectivity index (χ1) is 11.9. The molecule has 25 heavy (non-hydrogen) atoms. The highest BCUT2D eigenvalue weighted by atomic mass is 32.1. The van der Waals surface area contributed by atoms with Crippen LogP contribution in [0.1, 0.15) is 45.9 Å². The van der Waals surface area contributed by atoms with Crippen LogP contribution in [0.15, 0.2) is 35.3 Å². The molecule has 0 atom stereocenters. The standard InChI is InChI=1S/C16H15FN2O3S.C2H6/c1-9-7-14(23-15(9)16(21)22-2)19-13(18)8-12(20)10-3-5-11(17)6-4-10;1-2/h3-7H,8H2,1-2H3,(H2,18,19);1-2H3. The fourth-order valence-electron chi connectivity index (χ4n) is 1.90. The molecule has 2 aromatic rings. The Morgan fingerprint density at radius 3 is 2.40 bits per heavy atom. The molecular formula is C18H21FN2O3S. The van der Waals surface area contributed by atoms with Gasteiger partial charge in [-0.1, -0.05) is 13.8 Å². The van der Waals surface area contributed by atoms with Gasteiger partial charge in [-0.15, -0.1) is 11.3 Å². The van der Waals surface area contributed by atoms with E-state index in [1.54, 1.807) is 13.0 Å². The molecule has 5 nitrogen and oxygen atoms in total. The van der Waals surface area contributed by atoms with E-state index in [0.29, 0.717) is 15.4 Å². The summed E-state index contributed by atoms with van der Waals surface area (Å²) in [6.45, 7) is 5.77. The second-order valence-corrected chi connectivity index (χ2v) is 5.83. The van der Waals surface area contributed by atoms with Crippen LogP contribution in [0, 0.1) is 12.7 Å². The fraction of sp³-hybridized carbons (Fsp3) is 0.278. The number of carbonyl (C=O) groups excluding carboxylic acids is 2. The summed E-state index contributed by atoms with van der Waals surface area (Å²) in [5.74, 6) is -0.979. The van der Waals surface area contributed by atoms with Crippen LogP contribution in [0.5, 0.6) is 0 Å². The van der Waals surface area contributed by atoms with Crippen molar-refractivity contribution in [1.82, 2.24) is 0 Å². The Morgan fingerprint density at radius 1 is 1.24 bits per heavy atom. The second kappa shape index (κ2) is 9.68. The zero-order valence-electron chi connectivity index (χ0n) is 14.6. The SMILES string of the molecule is CC.COC(=O)c1sc(/N=C(\N)CC(=O)c2ccc(F)cc2)cc1C. The summed E-state index contributed by atoms with van der Waals surface area (Å²) in [6, 6.07) is 6.93. The van der Waals surface area contributed by atoms with E-state index in [1.807, 2.05) is 13.8 Å². The Kier molecular flexibility index (Phi) is 7.94. The molecule has 0 fully saturated rings. The van der Waals surface area contributed by atoms with Gasteiger partial charge in [-0.2, -0.15) is 0 Å². The molecule has 0 aliphatic carbocycles. The molecule has 0 aliphatic rings. The van der Waals surface area contributed by atoms with Crippen molar-refractivity contribution in [2.45, 2.75) is 27.2 Å². The highest BCUT2D eigenvalue weighted by Gasteiger charge is 2.14. The first-order valence-corrected chi connectivity index (χ1v) is 8.53. The van der Waals surface area contributed by atoms with Crippen LogP contribution in [0.2, 0.25) is 0 Å². The molecule has 134 valence electrons. The van der Waals surface area contributed by atoms with Crippen LogP contribution in [0.3, 0.4) is 0 Å². The van der Waals surface area contributed by atoms with Gasteiger partial charge >= 0.3 is 5.97 Å². The van der Waals surface area contributed by atoms with Crippen LogP contribution in [-0.2, 0) is 4.74 Å². The summed E-state index contributed by atoms with van der Waals surface area (Å²) in [4.78, 5) is 28.2. The van der Waals surface area contributed by atoms with Gasteiger partial charge in [0.1, 0.15) is 21.5 Å². The lowest BCUT2D eigenvalue weighted by molar-refractivity contribution is 0.0605. The van der Waals surface area contributed by atoms with E-state index < -0.39 is 11.8 Å². The van der Waals surface area contributed by atoms with Crippen molar-refractivity contribution in [2.24, 2.45) is 10.7 Å². The van der Waals surface area contributed by atoms with E-state index in [-0.39, 0.29) is 18.0 Å². The molecule has 2 rings (SSSR count). The van der Waals surface area contributed by atoms with E-state index in [9.17, 15) is 14.0 Å². The molecule has 0 spiro atoms. The van der Waals surface area contributed by atoms with Crippen molar-refractivity contribution in [3.05, 3.63) is 52.2 Å². The summed E-state index contributed by atoms with van der Waals surface area (Å²) in [5.41, 5.74) is 6.89. The van der Waals surface area contributed by atoms with Crippen molar-refractivity contribution >= 4 is 33.9 Å². The third kappa shape index (κ3) is 5.79. The first kappa shape index (κ1) is 20.5. The molecule has 0 unspecified atom stereocenters. The number of hydrogen-bond acceptors (Lipinski definition) is 5. The van der Waals surface area contributed by atoms with E-state index in [2.05, 4.69) is 9.73 Å². The van der Waals surface area contributed by atoms with E-state index in [0.717, 1.165) is 16.9 Å². The van der Waals surface area contributed by atoms with Gasteiger partial charge < -0.3 is 10.5 Å². The van der Waals surface area contributed by atoms with E-state index in [4.69, 9.17) is 5.73 Å². The molecule has 0 saturated heterocycles. The zero-order valence-corrected chi connectivity index (χ0v) is 15.4. The highest BCUT2D eigenvalue weighted by Crippen LogP contribution is 2.29. The molecule has 1 aromatic carbocycles. The lowest BCUT2D eigenvalue weighted by Crippen LogP contribution is -2.16. The monoisotopic (exact) mass is 364 g/mol. The first-order valence-electron chi connectivity index (χ1n) is 7.71. The van der Waals surface area contributed by atoms with Gasteiger partial charge in [-0.25, -0.2) is 14.2 Å². The summed E-state index contributed by atoms with van der Waals surface area (Å²) >= 11 is 1.14. The molecule has 0 bridgehead atoms. The third-order valence-corrected chi connectivity index (χ3v) is 4.15. The number of rotatable bonds is 5. The average Bonchev–Trinajstić information content (AvgIpc) is 2.96. The summed E-state index contributed by atoms with van der Waals surface area (Å²) in [5, 5.41) is 0.521. The van der Waals surface area contributed by atoms with Crippen LogP contribution in [-0.4, -0.2) is 24.7 Å². The van der Waals surface area contributed by atoms with Crippen LogP contribution in [0.4, 0.5) is 9.39 Å². The molecule has 1 aromatic heterocycles. The summed E-state index contributed by atoms with van der Waals surface area (Å²) in [6.07, 6.45) is -0.0872. The number of Topliss-reactive ketones (excluding diaryl/α,β-unsaturated/α-hetero) is 1. The van der Waals surface area contributed by atoms with Gasteiger partial charge in [-0.05, 0) is 42.8 Å². The minimum absolute atomic E-state index is 0.0872. The van der Waals surface area contributed by atoms with Crippen molar-refractivity contribution in [3.8, 4) is 0 Å². The summed E-state index contributed by atoms with van der Waals surface area (Å²) in [7, 11) is 1.31. The number of nitrogens with zero attached hydrogens (tertiary/aromatic N) is 1. The minimum atomic E-state index is -0.435. The van der Waals surface area contributed by atoms with Crippen LogP contribution in [0.25, 0.3) is 0 Å². The number of benzene rings is 1. The number of ketones is 1. The second-order valence-electron chi connectivity index (χ2n) is 4.80. The quantitative estimate of drug-likeness (QED) is 0.372. The average molecular weight is 364 g/mol.